The Hall–Kier alpha value is -0.770. The first-order valence-electron chi connectivity index (χ1n) is 6.57. The van der Waals surface area contributed by atoms with Crippen molar-refractivity contribution in [3.05, 3.63) is 0 Å². The molecule has 0 aromatic rings. The van der Waals surface area contributed by atoms with Gasteiger partial charge in [-0.2, -0.15) is 0 Å². The average molecular weight is 242 g/mol. The molecule has 1 rings (SSSR count). The van der Waals surface area contributed by atoms with E-state index in [1.54, 1.807) is 4.90 Å². The Bertz CT molecular complexity index is 236. The number of hydrogen-bond donors (Lipinski definition) is 0. The van der Waals surface area contributed by atoms with E-state index >= 15 is 0 Å². The number of piperidine rings is 1. The van der Waals surface area contributed by atoms with E-state index in [-0.39, 0.29) is 6.09 Å². The first kappa shape index (κ1) is 14.3. The van der Waals surface area contributed by atoms with Crippen molar-refractivity contribution in [3.8, 4) is 0 Å². The lowest BCUT2D eigenvalue weighted by Gasteiger charge is -2.36. The van der Waals surface area contributed by atoms with Crippen LogP contribution >= 0.6 is 0 Å². The number of hydrogen-bond acceptors (Lipinski definition) is 3. The number of likely N-dealkylation sites (tertiary alicyclic amines) is 1. The number of rotatable bonds is 4. The lowest BCUT2D eigenvalue weighted by atomic mass is 10.0. The molecule has 0 bridgehead atoms. The summed E-state index contributed by atoms with van der Waals surface area (Å²) >= 11 is 0. The summed E-state index contributed by atoms with van der Waals surface area (Å²) in [4.78, 5) is 15.6. The third-order valence-electron chi connectivity index (χ3n) is 3.58. The zero-order chi connectivity index (χ0) is 12.8. The lowest BCUT2D eigenvalue weighted by molar-refractivity contribution is 0.0907. The molecule has 1 saturated heterocycles. The minimum Gasteiger partial charge on any atom is -0.453 e. The van der Waals surface area contributed by atoms with Gasteiger partial charge in [0.1, 0.15) is 0 Å². The van der Waals surface area contributed by atoms with E-state index in [9.17, 15) is 4.79 Å². The summed E-state index contributed by atoms with van der Waals surface area (Å²) in [5.41, 5.74) is 0. The average Bonchev–Trinajstić information content (AvgIpc) is 2.35. The van der Waals surface area contributed by atoms with Crippen molar-refractivity contribution in [2.45, 2.75) is 39.2 Å². The van der Waals surface area contributed by atoms with Crippen molar-refractivity contribution in [3.63, 3.8) is 0 Å². The van der Waals surface area contributed by atoms with Crippen molar-refractivity contribution in [1.82, 2.24) is 9.80 Å². The highest BCUT2D eigenvalue weighted by Crippen LogP contribution is 2.16. The van der Waals surface area contributed by atoms with Crippen LogP contribution in [0.1, 0.15) is 33.1 Å². The molecule has 0 unspecified atom stereocenters. The van der Waals surface area contributed by atoms with Crippen LogP contribution in [0.2, 0.25) is 0 Å². The topological polar surface area (TPSA) is 32.8 Å². The summed E-state index contributed by atoms with van der Waals surface area (Å²) in [5.74, 6) is 0.757. The number of ether oxygens (including phenoxy) is 1. The van der Waals surface area contributed by atoms with Gasteiger partial charge in [0.2, 0.25) is 0 Å². The van der Waals surface area contributed by atoms with Crippen molar-refractivity contribution in [2.24, 2.45) is 5.92 Å². The molecular weight excluding hydrogens is 216 g/mol. The molecule has 0 aromatic carbocycles. The van der Waals surface area contributed by atoms with Gasteiger partial charge in [0.15, 0.2) is 0 Å². The Morgan fingerprint density at radius 3 is 2.47 bits per heavy atom. The normalized spacial score (nSPS) is 17.9. The molecule has 1 aliphatic rings. The van der Waals surface area contributed by atoms with Gasteiger partial charge < -0.3 is 14.5 Å². The van der Waals surface area contributed by atoms with Gasteiger partial charge in [0.25, 0.3) is 0 Å². The van der Waals surface area contributed by atoms with Gasteiger partial charge in [0, 0.05) is 19.1 Å². The van der Waals surface area contributed by atoms with E-state index in [2.05, 4.69) is 25.8 Å². The van der Waals surface area contributed by atoms with E-state index < -0.39 is 0 Å². The Morgan fingerprint density at radius 2 is 2.00 bits per heavy atom. The quantitative estimate of drug-likeness (QED) is 0.757. The first-order valence-corrected chi connectivity index (χ1v) is 6.57. The predicted molar refractivity (Wildman–Crippen MR) is 69.1 cm³/mol. The zero-order valence-electron chi connectivity index (χ0n) is 11.6. The highest BCUT2D eigenvalue weighted by atomic mass is 16.5. The van der Waals surface area contributed by atoms with Crippen LogP contribution in [0.5, 0.6) is 0 Å². The number of carbonyl (C=O) groups excluding carboxylic acids is 1. The largest absolute Gasteiger partial charge is 0.453 e. The SMILES string of the molecule is COC(=O)N1CCC(N(C)CCC(C)C)CC1. The van der Waals surface area contributed by atoms with Crippen molar-refractivity contribution in [1.29, 1.82) is 0 Å². The monoisotopic (exact) mass is 242 g/mol. The molecule has 1 aliphatic heterocycles. The minimum atomic E-state index is -0.187. The van der Waals surface area contributed by atoms with E-state index in [4.69, 9.17) is 4.74 Å². The van der Waals surface area contributed by atoms with Gasteiger partial charge in [-0.15, -0.1) is 0 Å². The zero-order valence-corrected chi connectivity index (χ0v) is 11.6. The summed E-state index contributed by atoms with van der Waals surface area (Å²) in [7, 11) is 3.64. The molecule has 0 aliphatic carbocycles. The second-order valence-corrected chi connectivity index (χ2v) is 5.35. The Kier molecular flexibility index (Phi) is 5.75. The summed E-state index contributed by atoms with van der Waals surface area (Å²) < 4.78 is 4.74. The van der Waals surface area contributed by atoms with Crippen LogP contribution in [0.25, 0.3) is 0 Å². The number of amides is 1. The predicted octanol–water partition coefficient (Wildman–Crippen LogP) is 2.20. The van der Waals surface area contributed by atoms with Gasteiger partial charge in [-0.1, -0.05) is 13.8 Å². The minimum absolute atomic E-state index is 0.187. The van der Waals surface area contributed by atoms with Gasteiger partial charge >= 0.3 is 6.09 Å². The summed E-state index contributed by atoms with van der Waals surface area (Å²) in [6.07, 6.45) is 3.18. The fourth-order valence-electron chi connectivity index (χ4n) is 2.26. The second kappa shape index (κ2) is 6.84. The molecule has 0 spiro atoms. The molecule has 1 fully saturated rings. The van der Waals surface area contributed by atoms with Crippen LogP contribution in [-0.2, 0) is 4.74 Å². The molecule has 17 heavy (non-hydrogen) atoms. The summed E-state index contributed by atoms with van der Waals surface area (Å²) in [6, 6.07) is 0.620. The Balaban J connectivity index is 2.28. The first-order chi connectivity index (χ1) is 8.04. The van der Waals surface area contributed by atoms with Crippen molar-refractivity contribution >= 4 is 6.09 Å². The van der Waals surface area contributed by atoms with Gasteiger partial charge in [0.05, 0.1) is 7.11 Å². The molecule has 0 aromatic heterocycles. The van der Waals surface area contributed by atoms with Gasteiger partial charge in [-0.25, -0.2) is 4.79 Å². The molecule has 4 heteroatoms. The fourth-order valence-corrected chi connectivity index (χ4v) is 2.26. The number of methoxy groups -OCH3 is 1. The van der Waals surface area contributed by atoms with E-state index in [1.807, 2.05) is 0 Å². The summed E-state index contributed by atoms with van der Waals surface area (Å²) in [5, 5.41) is 0. The molecule has 1 amide bonds. The smallest absolute Gasteiger partial charge is 0.409 e. The van der Waals surface area contributed by atoms with Crippen molar-refractivity contribution < 1.29 is 9.53 Å². The molecule has 100 valence electrons. The van der Waals surface area contributed by atoms with Crippen LogP contribution < -0.4 is 0 Å². The van der Waals surface area contributed by atoms with Crippen LogP contribution in [-0.4, -0.2) is 55.7 Å². The fraction of sp³-hybridized carbons (Fsp3) is 0.923. The molecule has 0 atom stereocenters. The maximum atomic E-state index is 11.3. The molecular formula is C13H26N2O2. The number of carbonyl (C=O) groups is 1. The molecule has 4 nitrogen and oxygen atoms in total. The maximum absolute atomic E-state index is 11.3. The molecule has 0 saturated carbocycles. The van der Waals surface area contributed by atoms with Crippen LogP contribution in [0.4, 0.5) is 4.79 Å². The molecule has 1 heterocycles. The summed E-state index contributed by atoms with van der Waals surface area (Å²) in [6.45, 7) is 7.31. The van der Waals surface area contributed by atoms with E-state index in [1.165, 1.54) is 13.5 Å². The van der Waals surface area contributed by atoms with E-state index in [0.29, 0.717) is 6.04 Å². The maximum Gasteiger partial charge on any atom is 0.409 e. The highest BCUT2D eigenvalue weighted by molar-refractivity contribution is 5.67. The van der Waals surface area contributed by atoms with Crippen molar-refractivity contribution in [2.75, 3.05) is 33.8 Å². The third-order valence-corrected chi connectivity index (χ3v) is 3.58. The Labute approximate surface area is 105 Å². The van der Waals surface area contributed by atoms with Crippen LogP contribution in [0.15, 0.2) is 0 Å². The molecule has 0 N–H and O–H groups in total. The second-order valence-electron chi connectivity index (χ2n) is 5.35. The Morgan fingerprint density at radius 1 is 1.41 bits per heavy atom. The van der Waals surface area contributed by atoms with Crippen LogP contribution in [0.3, 0.4) is 0 Å². The van der Waals surface area contributed by atoms with Gasteiger partial charge in [-0.05, 0) is 38.8 Å². The standard InChI is InChI=1S/C13H26N2O2/c1-11(2)5-8-14(3)12-6-9-15(10-7-12)13(16)17-4/h11-12H,5-10H2,1-4H3. The van der Waals surface area contributed by atoms with E-state index in [0.717, 1.165) is 38.4 Å². The number of nitrogens with zero attached hydrogens (tertiary/aromatic N) is 2. The lowest BCUT2D eigenvalue weighted by Crippen LogP contribution is -2.45. The molecule has 0 radical (unpaired) electrons. The third kappa shape index (κ3) is 4.54. The van der Waals surface area contributed by atoms with Crippen LogP contribution in [0, 0.1) is 5.92 Å². The highest BCUT2D eigenvalue weighted by Gasteiger charge is 2.25. The van der Waals surface area contributed by atoms with Gasteiger partial charge in [-0.3, -0.25) is 0 Å².